The zero-order chi connectivity index (χ0) is 14.0. The predicted molar refractivity (Wildman–Crippen MR) is 70.1 cm³/mol. The highest BCUT2D eigenvalue weighted by atomic mass is 79.9. The lowest BCUT2D eigenvalue weighted by Crippen LogP contribution is -2.00. The molecule has 2 rings (SSSR count). The Bertz CT molecular complexity index is 601. The third kappa shape index (κ3) is 2.92. The van der Waals surface area contributed by atoms with Crippen LogP contribution < -0.4 is 4.74 Å². The highest BCUT2D eigenvalue weighted by Gasteiger charge is 2.19. The van der Waals surface area contributed by atoms with Crippen molar-refractivity contribution in [1.29, 1.82) is 0 Å². The highest BCUT2D eigenvalue weighted by Crippen LogP contribution is 2.35. The molecular formula is C14H10BrF3O. The summed E-state index contributed by atoms with van der Waals surface area (Å²) in [6.07, 6.45) is 0. The van der Waals surface area contributed by atoms with Crippen molar-refractivity contribution < 1.29 is 17.9 Å². The summed E-state index contributed by atoms with van der Waals surface area (Å²) in [5, 5.41) is 0. The van der Waals surface area contributed by atoms with E-state index in [0.717, 1.165) is 18.2 Å². The Hall–Kier alpha value is -1.49. The number of rotatable bonds is 3. The molecule has 100 valence electrons. The van der Waals surface area contributed by atoms with Gasteiger partial charge in [-0.2, -0.15) is 0 Å². The van der Waals surface area contributed by atoms with E-state index in [1.54, 1.807) is 6.07 Å². The molecule has 0 fully saturated rings. The monoisotopic (exact) mass is 330 g/mol. The van der Waals surface area contributed by atoms with E-state index in [1.807, 2.05) is 0 Å². The van der Waals surface area contributed by atoms with E-state index in [9.17, 15) is 13.2 Å². The normalized spacial score (nSPS) is 12.3. The molecule has 0 aliphatic rings. The number of alkyl halides is 1. The fourth-order valence-corrected chi connectivity index (χ4v) is 2.44. The van der Waals surface area contributed by atoms with Gasteiger partial charge in [-0.1, -0.05) is 22.0 Å². The van der Waals surface area contributed by atoms with Gasteiger partial charge in [-0.25, -0.2) is 13.2 Å². The SMILES string of the molecule is COc1ccc(C(Br)c2cc(F)ccc2F)c(F)c1. The molecule has 19 heavy (non-hydrogen) atoms. The fourth-order valence-electron chi connectivity index (χ4n) is 1.72. The van der Waals surface area contributed by atoms with Gasteiger partial charge in [0.05, 0.1) is 11.9 Å². The van der Waals surface area contributed by atoms with E-state index < -0.39 is 22.3 Å². The standard InChI is InChI=1S/C14H10BrF3O/c1-19-9-3-4-10(13(18)7-9)14(15)11-6-8(16)2-5-12(11)17/h2-7,14H,1H3. The summed E-state index contributed by atoms with van der Waals surface area (Å²) >= 11 is 3.19. The maximum absolute atomic E-state index is 13.9. The van der Waals surface area contributed by atoms with Crippen molar-refractivity contribution in [3.63, 3.8) is 0 Å². The second-order valence-electron chi connectivity index (χ2n) is 3.92. The van der Waals surface area contributed by atoms with Crippen molar-refractivity contribution in [2.24, 2.45) is 0 Å². The van der Waals surface area contributed by atoms with Crippen molar-refractivity contribution in [3.05, 3.63) is 65.0 Å². The van der Waals surface area contributed by atoms with Crippen molar-refractivity contribution in [2.75, 3.05) is 7.11 Å². The van der Waals surface area contributed by atoms with Gasteiger partial charge in [-0.15, -0.1) is 0 Å². The molecule has 2 aromatic carbocycles. The molecule has 0 aliphatic carbocycles. The fraction of sp³-hybridized carbons (Fsp3) is 0.143. The number of hydrogen-bond acceptors (Lipinski definition) is 1. The number of ether oxygens (including phenoxy) is 1. The van der Waals surface area contributed by atoms with Gasteiger partial charge in [0.25, 0.3) is 0 Å². The minimum absolute atomic E-state index is 0.0454. The molecule has 0 bridgehead atoms. The first kappa shape index (κ1) is 13.9. The van der Waals surface area contributed by atoms with E-state index in [0.29, 0.717) is 5.75 Å². The van der Waals surface area contributed by atoms with E-state index in [-0.39, 0.29) is 11.1 Å². The third-order valence-electron chi connectivity index (χ3n) is 2.71. The summed E-state index contributed by atoms with van der Waals surface area (Å²) in [5.41, 5.74) is 0.259. The number of hydrogen-bond donors (Lipinski definition) is 0. The molecule has 5 heteroatoms. The maximum atomic E-state index is 13.9. The lowest BCUT2D eigenvalue weighted by Gasteiger charge is -2.13. The van der Waals surface area contributed by atoms with Crippen molar-refractivity contribution in [1.82, 2.24) is 0 Å². The maximum Gasteiger partial charge on any atom is 0.131 e. The van der Waals surface area contributed by atoms with Crippen LogP contribution in [0, 0.1) is 17.5 Å². The minimum atomic E-state index is -0.769. The first-order valence-electron chi connectivity index (χ1n) is 5.45. The Kier molecular flexibility index (Phi) is 4.14. The Morgan fingerprint density at radius 2 is 1.68 bits per heavy atom. The molecule has 1 nitrogen and oxygen atoms in total. The van der Waals surface area contributed by atoms with Crippen LogP contribution in [0.25, 0.3) is 0 Å². The summed E-state index contributed by atoms with van der Waals surface area (Å²) in [4.78, 5) is -0.769. The topological polar surface area (TPSA) is 9.23 Å². The third-order valence-corrected chi connectivity index (χ3v) is 3.70. The summed E-state index contributed by atoms with van der Waals surface area (Å²) in [6.45, 7) is 0. The Balaban J connectivity index is 2.43. The summed E-state index contributed by atoms with van der Waals surface area (Å²) < 4.78 is 45.5. The molecular weight excluding hydrogens is 321 g/mol. The predicted octanol–water partition coefficient (Wildman–Crippen LogP) is 4.60. The summed E-state index contributed by atoms with van der Waals surface area (Å²) in [7, 11) is 1.42. The molecule has 2 aromatic rings. The Labute approximate surface area is 117 Å². The first-order chi connectivity index (χ1) is 9.02. The van der Waals surface area contributed by atoms with Crippen LogP contribution in [-0.2, 0) is 0 Å². The molecule has 0 spiro atoms. The number of halogens is 4. The average molecular weight is 331 g/mol. The van der Waals surface area contributed by atoms with Crippen molar-refractivity contribution in [2.45, 2.75) is 4.83 Å². The van der Waals surface area contributed by atoms with Crippen LogP contribution in [0.4, 0.5) is 13.2 Å². The van der Waals surface area contributed by atoms with Crippen LogP contribution in [-0.4, -0.2) is 7.11 Å². The smallest absolute Gasteiger partial charge is 0.131 e. The Morgan fingerprint density at radius 3 is 2.32 bits per heavy atom. The van der Waals surface area contributed by atoms with Gasteiger partial charge >= 0.3 is 0 Å². The van der Waals surface area contributed by atoms with Crippen LogP contribution in [0.3, 0.4) is 0 Å². The van der Waals surface area contributed by atoms with Crippen LogP contribution in [0.1, 0.15) is 16.0 Å². The quantitative estimate of drug-likeness (QED) is 0.747. The molecule has 0 saturated carbocycles. The zero-order valence-electron chi connectivity index (χ0n) is 9.96. The largest absolute Gasteiger partial charge is 0.497 e. The van der Waals surface area contributed by atoms with Gasteiger partial charge in [0.1, 0.15) is 23.2 Å². The lowest BCUT2D eigenvalue weighted by atomic mass is 10.0. The number of methoxy groups -OCH3 is 1. The highest BCUT2D eigenvalue weighted by molar-refractivity contribution is 9.09. The molecule has 1 atom stereocenters. The molecule has 0 radical (unpaired) electrons. The van der Waals surface area contributed by atoms with E-state index in [2.05, 4.69) is 15.9 Å². The van der Waals surface area contributed by atoms with E-state index in [4.69, 9.17) is 4.74 Å². The van der Waals surface area contributed by atoms with Crippen LogP contribution >= 0.6 is 15.9 Å². The van der Waals surface area contributed by atoms with Gasteiger partial charge in [0.15, 0.2) is 0 Å². The van der Waals surface area contributed by atoms with Crippen molar-refractivity contribution in [3.8, 4) is 5.75 Å². The van der Waals surface area contributed by atoms with Gasteiger partial charge in [0.2, 0.25) is 0 Å². The molecule has 0 amide bonds. The van der Waals surface area contributed by atoms with Gasteiger partial charge in [-0.3, -0.25) is 0 Å². The minimum Gasteiger partial charge on any atom is -0.497 e. The van der Waals surface area contributed by atoms with E-state index >= 15 is 0 Å². The molecule has 0 saturated heterocycles. The molecule has 1 unspecified atom stereocenters. The molecule has 0 N–H and O–H groups in total. The molecule has 0 heterocycles. The average Bonchev–Trinajstić information content (AvgIpc) is 2.40. The van der Waals surface area contributed by atoms with Crippen LogP contribution in [0.15, 0.2) is 36.4 Å². The van der Waals surface area contributed by atoms with E-state index in [1.165, 1.54) is 19.2 Å². The summed E-state index contributed by atoms with van der Waals surface area (Å²) in [6, 6.07) is 7.30. The molecule has 0 aliphatic heterocycles. The van der Waals surface area contributed by atoms with Crippen LogP contribution in [0.5, 0.6) is 5.75 Å². The summed E-state index contributed by atoms with van der Waals surface area (Å²) in [5.74, 6) is -1.36. The second kappa shape index (κ2) is 5.65. The van der Waals surface area contributed by atoms with Gasteiger partial charge in [0, 0.05) is 17.2 Å². The Morgan fingerprint density at radius 1 is 0.947 bits per heavy atom. The number of benzene rings is 2. The molecule has 0 aromatic heterocycles. The lowest BCUT2D eigenvalue weighted by molar-refractivity contribution is 0.411. The van der Waals surface area contributed by atoms with Crippen molar-refractivity contribution >= 4 is 15.9 Å². The second-order valence-corrected chi connectivity index (χ2v) is 4.83. The van der Waals surface area contributed by atoms with Gasteiger partial charge in [-0.05, 0) is 24.3 Å². The first-order valence-corrected chi connectivity index (χ1v) is 6.37. The van der Waals surface area contributed by atoms with Crippen LogP contribution in [0.2, 0.25) is 0 Å². The zero-order valence-corrected chi connectivity index (χ0v) is 11.5. The van der Waals surface area contributed by atoms with Gasteiger partial charge < -0.3 is 4.74 Å².